The van der Waals surface area contributed by atoms with E-state index in [1.807, 2.05) is 30.3 Å². The Bertz CT molecular complexity index is 1480. The highest BCUT2D eigenvalue weighted by molar-refractivity contribution is 7.17. The van der Waals surface area contributed by atoms with Crippen LogP contribution in [0.4, 0.5) is 5.13 Å². The van der Waals surface area contributed by atoms with Crippen molar-refractivity contribution in [2.45, 2.75) is 20.4 Å². The molecule has 2 aromatic heterocycles. The van der Waals surface area contributed by atoms with E-state index >= 15 is 0 Å². The summed E-state index contributed by atoms with van der Waals surface area (Å²) in [4.78, 5) is 59.1. The molecular weight excluding hydrogens is 482 g/mol. The number of fused-ring (bicyclic) bond motifs is 1. The molecule has 0 spiro atoms. The summed E-state index contributed by atoms with van der Waals surface area (Å²) in [6.45, 7) is 3.15. The molecule has 10 heteroatoms. The van der Waals surface area contributed by atoms with Crippen molar-refractivity contribution in [2.75, 3.05) is 18.1 Å². The lowest BCUT2D eigenvalue weighted by Crippen LogP contribution is -2.34. The molecule has 9 nitrogen and oxygen atoms in total. The largest absolute Gasteiger partial charge is 0.462 e. The summed E-state index contributed by atoms with van der Waals surface area (Å²) >= 11 is 1.03. The normalized spacial score (nSPS) is 10.7. The Morgan fingerprint density at radius 1 is 1.00 bits per heavy atom. The number of rotatable bonds is 8. The standard InChI is InChI=1S/C26H23N3O6S/c1-3-34-25(33)23-16(2)27-26(36-23)29(14-17-9-5-4-6-10-17)22(31)15-35-24(32)19-13-21(30)28-20-12-8-7-11-18(19)20/h4-13H,3,14-15H2,1-2H3,(H,28,30). The fourth-order valence-corrected chi connectivity index (χ4v) is 4.55. The van der Waals surface area contributed by atoms with E-state index in [9.17, 15) is 19.2 Å². The number of esters is 2. The Balaban J connectivity index is 1.58. The second-order valence-corrected chi connectivity index (χ2v) is 8.74. The van der Waals surface area contributed by atoms with E-state index in [4.69, 9.17) is 9.47 Å². The molecule has 0 aliphatic rings. The number of ether oxygens (including phenoxy) is 2. The lowest BCUT2D eigenvalue weighted by Gasteiger charge is -2.20. The minimum absolute atomic E-state index is 0.0615. The summed E-state index contributed by atoms with van der Waals surface area (Å²) in [6, 6.07) is 17.2. The Labute approximate surface area is 210 Å². The van der Waals surface area contributed by atoms with Gasteiger partial charge in [-0.05, 0) is 25.5 Å². The van der Waals surface area contributed by atoms with Gasteiger partial charge in [-0.2, -0.15) is 0 Å². The zero-order valence-corrected chi connectivity index (χ0v) is 20.5. The molecule has 2 heterocycles. The number of hydrogen-bond donors (Lipinski definition) is 1. The van der Waals surface area contributed by atoms with E-state index in [2.05, 4.69) is 9.97 Å². The van der Waals surface area contributed by atoms with E-state index in [0.29, 0.717) is 21.5 Å². The number of para-hydroxylation sites is 1. The molecule has 0 atom stereocenters. The van der Waals surface area contributed by atoms with Crippen LogP contribution in [-0.2, 0) is 20.8 Å². The SMILES string of the molecule is CCOC(=O)c1sc(N(Cc2ccccc2)C(=O)COC(=O)c2cc(=O)[nH]c3ccccc23)nc1C. The summed E-state index contributed by atoms with van der Waals surface area (Å²) in [5.41, 5.74) is 1.35. The van der Waals surface area contributed by atoms with Gasteiger partial charge in [0.2, 0.25) is 5.56 Å². The number of amides is 1. The first-order chi connectivity index (χ1) is 17.4. The van der Waals surface area contributed by atoms with Crippen LogP contribution in [0.5, 0.6) is 0 Å². The van der Waals surface area contributed by atoms with Gasteiger partial charge in [-0.25, -0.2) is 14.6 Å². The predicted octanol–water partition coefficient (Wildman–Crippen LogP) is 3.86. The number of aromatic amines is 1. The molecule has 0 aliphatic heterocycles. The molecule has 1 amide bonds. The number of carbonyl (C=O) groups is 3. The highest BCUT2D eigenvalue weighted by Crippen LogP contribution is 2.28. The van der Waals surface area contributed by atoms with E-state index in [-0.39, 0.29) is 23.8 Å². The highest BCUT2D eigenvalue weighted by Gasteiger charge is 2.25. The fraction of sp³-hybridized carbons (Fsp3) is 0.192. The molecule has 4 aromatic rings. The van der Waals surface area contributed by atoms with E-state index < -0.39 is 30.0 Å². The average molecular weight is 506 g/mol. The molecule has 4 rings (SSSR count). The number of nitrogens with one attached hydrogen (secondary N) is 1. The Hall–Kier alpha value is -4.31. The summed E-state index contributed by atoms with van der Waals surface area (Å²) in [5.74, 6) is -1.85. The third-order valence-electron chi connectivity index (χ3n) is 5.26. The molecule has 2 aromatic carbocycles. The zero-order valence-electron chi connectivity index (χ0n) is 19.6. The summed E-state index contributed by atoms with van der Waals surface area (Å²) in [5, 5.41) is 0.785. The molecule has 36 heavy (non-hydrogen) atoms. The molecule has 0 radical (unpaired) electrons. The summed E-state index contributed by atoms with van der Waals surface area (Å²) in [7, 11) is 0. The predicted molar refractivity (Wildman–Crippen MR) is 135 cm³/mol. The molecule has 184 valence electrons. The molecule has 0 unspecified atom stereocenters. The van der Waals surface area contributed by atoms with Crippen LogP contribution in [0.15, 0.2) is 65.5 Å². The maximum absolute atomic E-state index is 13.3. The number of anilines is 1. The Kier molecular flexibility index (Phi) is 7.55. The molecule has 0 bridgehead atoms. The van der Waals surface area contributed by atoms with Crippen molar-refractivity contribution in [1.29, 1.82) is 0 Å². The van der Waals surface area contributed by atoms with Crippen LogP contribution in [0, 0.1) is 6.92 Å². The summed E-state index contributed by atoms with van der Waals surface area (Å²) < 4.78 is 10.4. The van der Waals surface area contributed by atoms with Crippen LogP contribution in [0.1, 0.15) is 38.2 Å². The first-order valence-electron chi connectivity index (χ1n) is 11.2. The number of aryl methyl sites for hydroxylation is 1. The fourth-order valence-electron chi connectivity index (χ4n) is 3.57. The third-order valence-corrected chi connectivity index (χ3v) is 6.42. The zero-order chi connectivity index (χ0) is 25.7. The van der Waals surface area contributed by atoms with Gasteiger partial charge < -0.3 is 14.5 Å². The van der Waals surface area contributed by atoms with E-state index in [1.165, 1.54) is 4.90 Å². The average Bonchev–Trinajstić information content (AvgIpc) is 3.27. The number of nitrogens with zero attached hydrogens (tertiary/aromatic N) is 2. The highest BCUT2D eigenvalue weighted by atomic mass is 32.1. The Morgan fingerprint density at radius 2 is 1.72 bits per heavy atom. The van der Waals surface area contributed by atoms with Gasteiger partial charge in [-0.3, -0.25) is 14.5 Å². The van der Waals surface area contributed by atoms with Crippen molar-refractivity contribution in [3.63, 3.8) is 0 Å². The second-order valence-electron chi connectivity index (χ2n) is 7.77. The number of benzene rings is 2. The van der Waals surface area contributed by atoms with Crippen molar-refractivity contribution in [3.05, 3.63) is 92.7 Å². The second kappa shape index (κ2) is 11.0. The van der Waals surface area contributed by atoms with Crippen LogP contribution >= 0.6 is 11.3 Å². The number of hydrogen-bond acceptors (Lipinski definition) is 8. The molecular formula is C26H23N3O6S. The Morgan fingerprint density at radius 3 is 2.47 bits per heavy atom. The first kappa shape index (κ1) is 24.8. The van der Waals surface area contributed by atoms with Gasteiger partial charge in [-0.1, -0.05) is 59.9 Å². The van der Waals surface area contributed by atoms with Crippen LogP contribution in [0.3, 0.4) is 0 Å². The van der Waals surface area contributed by atoms with Gasteiger partial charge in [0.15, 0.2) is 11.7 Å². The molecule has 0 aliphatic carbocycles. The van der Waals surface area contributed by atoms with Crippen molar-refractivity contribution >= 4 is 45.2 Å². The van der Waals surface area contributed by atoms with Crippen LogP contribution in [-0.4, -0.2) is 41.0 Å². The third kappa shape index (κ3) is 5.49. The van der Waals surface area contributed by atoms with Gasteiger partial charge in [0.1, 0.15) is 4.88 Å². The van der Waals surface area contributed by atoms with Crippen LogP contribution in [0.2, 0.25) is 0 Å². The van der Waals surface area contributed by atoms with Gasteiger partial charge in [-0.15, -0.1) is 0 Å². The van der Waals surface area contributed by atoms with Gasteiger partial charge >= 0.3 is 11.9 Å². The quantitative estimate of drug-likeness (QED) is 0.361. The topological polar surface area (TPSA) is 119 Å². The molecule has 0 saturated heterocycles. The van der Waals surface area contributed by atoms with Gasteiger partial charge in [0.05, 0.1) is 24.4 Å². The lowest BCUT2D eigenvalue weighted by atomic mass is 10.1. The first-order valence-corrected chi connectivity index (χ1v) is 12.0. The smallest absolute Gasteiger partial charge is 0.350 e. The van der Waals surface area contributed by atoms with Gasteiger partial charge in [0, 0.05) is 17.0 Å². The van der Waals surface area contributed by atoms with Crippen LogP contribution in [0.25, 0.3) is 10.9 Å². The molecule has 0 fully saturated rings. The maximum Gasteiger partial charge on any atom is 0.350 e. The number of pyridine rings is 1. The molecule has 0 saturated carbocycles. The van der Waals surface area contributed by atoms with Crippen molar-refractivity contribution in [3.8, 4) is 0 Å². The van der Waals surface area contributed by atoms with E-state index in [0.717, 1.165) is 23.0 Å². The van der Waals surface area contributed by atoms with Gasteiger partial charge in [0.25, 0.3) is 5.91 Å². The van der Waals surface area contributed by atoms with E-state index in [1.54, 1.807) is 38.1 Å². The number of carbonyl (C=O) groups excluding carboxylic acids is 3. The van der Waals surface area contributed by atoms with Crippen molar-refractivity contribution < 1.29 is 23.9 Å². The minimum Gasteiger partial charge on any atom is -0.462 e. The lowest BCUT2D eigenvalue weighted by molar-refractivity contribution is -0.121. The summed E-state index contributed by atoms with van der Waals surface area (Å²) in [6.07, 6.45) is 0. The number of aromatic nitrogens is 2. The minimum atomic E-state index is -0.798. The van der Waals surface area contributed by atoms with Crippen LogP contribution < -0.4 is 10.5 Å². The number of H-pyrrole nitrogens is 1. The maximum atomic E-state index is 13.3. The van der Waals surface area contributed by atoms with Crippen molar-refractivity contribution in [2.24, 2.45) is 0 Å². The monoisotopic (exact) mass is 505 g/mol. The molecule has 1 N–H and O–H groups in total. The van der Waals surface area contributed by atoms with Crippen molar-refractivity contribution in [1.82, 2.24) is 9.97 Å². The number of thiazole rings is 1.